The number of nitriles is 1. The molecule has 1 N–H and O–H groups in total. The molecule has 0 aliphatic heterocycles. The molecule has 1 aliphatic rings. The number of hydrogen-bond acceptors (Lipinski definition) is 5. The van der Waals surface area contributed by atoms with Gasteiger partial charge in [0.2, 0.25) is 0 Å². The standard InChI is InChI=1S/C17H16N6/c1-2-12-9-19-16(6-15(12)22-14-3-4-14)23-17-13(10-21-23)5-11(7-18)8-20-17/h5-6,8-10,14H,2-4H2,1H3,(H,19,22). The van der Waals surface area contributed by atoms with Crippen LogP contribution in [0, 0.1) is 11.3 Å². The summed E-state index contributed by atoms with van der Waals surface area (Å²) in [7, 11) is 0. The van der Waals surface area contributed by atoms with Crippen LogP contribution >= 0.6 is 0 Å². The van der Waals surface area contributed by atoms with Gasteiger partial charge < -0.3 is 5.32 Å². The van der Waals surface area contributed by atoms with Gasteiger partial charge in [-0.1, -0.05) is 6.92 Å². The Morgan fingerprint density at radius 2 is 2.13 bits per heavy atom. The molecule has 0 aromatic carbocycles. The zero-order valence-corrected chi connectivity index (χ0v) is 12.8. The lowest BCUT2D eigenvalue weighted by Crippen LogP contribution is -2.07. The molecule has 0 spiro atoms. The molecule has 6 nitrogen and oxygen atoms in total. The highest BCUT2D eigenvalue weighted by Crippen LogP contribution is 2.28. The fraction of sp³-hybridized carbons (Fsp3) is 0.294. The van der Waals surface area contributed by atoms with Crippen LogP contribution in [0.25, 0.3) is 16.9 Å². The maximum atomic E-state index is 8.97. The smallest absolute Gasteiger partial charge is 0.164 e. The largest absolute Gasteiger partial charge is 0.382 e. The summed E-state index contributed by atoms with van der Waals surface area (Å²) in [5.41, 5.74) is 3.56. The number of nitrogens with zero attached hydrogens (tertiary/aromatic N) is 5. The number of hydrogen-bond donors (Lipinski definition) is 1. The molecule has 4 rings (SSSR count). The molecule has 114 valence electrons. The Bertz CT molecular complexity index is 916. The minimum Gasteiger partial charge on any atom is -0.382 e. The first-order chi connectivity index (χ1) is 11.3. The average Bonchev–Trinajstić information content (AvgIpc) is 3.30. The topological polar surface area (TPSA) is 79.4 Å². The van der Waals surface area contributed by atoms with Gasteiger partial charge in [-0.2, -0.15) is 15.0 Å². The lowest BCUT2D eigenvalue weighted by atomic mass is 10.2. The van der Waals surface area contributed by atoms with Crippen molar-refractivity contribution in [3.63, 3.8) is 0 Å². The third-order valence-corrected chi connectivity index (χ3v) is 4.04. The maximum absolute atomic E-state index is 8.97. The highest BCUT2D eigenvalue weighted by molar-refractivity contribution is 5.77. The molecule has 0 unspecified atom stereocenters. The van der Waals surface area contributed by atoms with E-state index in [9.17, 15) is 0 Å². The first kappa shape index (κ1) is 13.7. The first-order valence-corrected chi connectivity index (χ1v) is 7.78. The minimum absolute atomic E-state index is 0.530. The molecule has 3 aromatic rings. The van der Waals surface area contributed by atoms with E-state index in [0.29, 0.717) is 17.3 Å². The third-order valence-electron chi connectivity index (χ3n) is 4.04. The molecule has 0 bridgehead atoms. The predicted molar refractivity (Wildman–Crippen MR) is 87.4 cm³/mol. The summed E-state index contributed by atoms with van der Waals surface area (Å²) in [5, 5.41) is 17.7. The van der Waals surface area contributed by atoms with Crippen molar-refractivity contribution in [2.75, 3.05) is 5.32 Å². The molecule has 1 fully saturated rings. The minimum atomic E-state index is 0.530. The second kappa shape index (κ2) is 5.36. The van der Waals surface area contributed by atoms with Gasteiger partial charge in [0.15, 0.2) is 11.5 Å². The number of aromatic nitrogens is 4. The predicted octanol–water partition coefficient (Wildman–Crippen LogP) is 2.82. The van der Waals surface area contributed by atoms with E-state index < -0.39 is 0 Å². The molecule has 3 heterocycles. The van der Waals surface area contributed by atoms with Crippen molar-refractivity contribution in [3.05, 3.63) is 41.9 Å². The van der Waals surface area contributed by atoms with Gasteiger partial charge in [0.05, 0.1) is 11.8 Å². The lowest BCUT2D eigenvalue weighted by Gasteiger charge is -2.12. The van der Waals surface area contributed by atoms with E-state index in [4.69, 9.17) is 5.26 Å². The number of nitrogens with one attached hydrogen (secondary N) is 1. The fourth-order valence-electron chi connectivity index (χ4n) is 2.60. The maximum Gasteiger partial charge on any atom is 0.164 e. The second-order valence-electron chi connectivity index (χ2n) is 5.78. The van der Waals surface area contributed by atoms with E-state index in [1.807, 2.05) is 12.3 Å². The molecule has 0 amide bonds. The Kier molecular flexibility index (Phi) is 3.19. The van der Waals surface area contributed by atoms with E-state index in [2.05, 4.69) is 33.4 Å². The van der Waals surface area contributed by atoms with E-state index in [-0.39, 0.29) is 0 Å². The van der Waals surface area contributed by atoms with E-state index >= 15 is 0 Å². The molecular formula is C17H16N6. The molecule has 6 heteroatoms. The Morgan fingerprint density at radius 3 is 2.87 bits per heavy atom. The van der Waals surface area contributed by atoms with Crippen LogP contribution in [-0.4, -0.2) is 25.8 Å². The van der Waals surface area contributed by atoms with Gasteiger partial charge in [-0.3, -0.25) is 0 Å². The summed E-state index contributed by atoms with van der Waals surface area (Å²) in [6.45, 7) is 2.13. The van der Waals surface area contributed by atoms with Crippen LogP contribution in [0.15, 0.2) is 30.7 Å². The van der Waals surface area contributed by atoms with Gasteiger partial charge in [0, 0.05) is 35.6 Å². The second-order valence-corrected chi connectivity index (χ2v) is 5.78. The fourth-order valence-corrected chi connectivity index (χ4v) is 2.60. The Hall–Kier alpha value is -2.94. The van der Waals surface area contributed by atoms with Gasteiger partial charge in [0.25, 0.3) is 0 Å². The average molecular weight is 304 g/mol. The van der Waals surface area contributed by atoms with Crippen LogP contribution in [0.2, 0.25) is 0 Å². The van der Waals surface area contributed by atoms with Crippen LogP contribution in [-0.2, 0) is 6.42 Å². The summed E-state index contributed by atoms with van der Waals surface area (Å²) in [6.07, 6.45) is 8.56. The van der Waals surface area contributed by atoms with Crippen LogP contribution < -0.4 is 5.32 Å². The molecule has 0 saturated heterocycles. The molecule has 1 aliphatic carbocycles. The molecular weight excluding hydrogens is 288 g/mol. The van der Waals surface area contributed by atoms with Crippen LogP contribution in [0.5, 0.6) is 0 Å². The summed E-state index contributed by atoms with van der Waals surface area (Å²) in [5.74, 6) is 0.734. The number of rotatable bonds is 4. The molecule has 0 radical (unpaired) electrons. The zero-order chi connectivity index (χ0) is 15.8. The van der Waals surface area contributed by atoms with Gasteiger partial charge in [-0.05, 0) is 30.9 Å². The monoisotopic (exact) mass is 304 g/mol. The lowest BCUT2D eigenvalue weighted by molar-refractivity contribution is 0.858. The first-order valence-electron chi connectivity index (χ1n) is 7.78. The summed E-state index contributed by atoms with van der Waals surface area (Å²) in [4.78, 5) is 8.88. The van der Waals surface area contributed by atoms with E-state index in [1.54, 1.807) is 23.1 Å². The van der Waals surface area contributed by atoms with Crippen LogP contribution in [0.4, 0.5) is 5.69 Å². The summed E-state index contributed by atoms with van der Waals surface area (Å²) in [6, 6.07) is 6.50. The van der Waals surface area contributed by atoms with E-state index in [1.165, 1.54) is 18.4 Å². The molecule has 3 aromatic heterocycles. The number of anilines is 1. The molecule has 0 atom stereocenters. The van der Waals surface area contributed by atoms with Crippen molar-refractivity contribution >= 4 is 16.7 Å². The Balaban J connectivity index is 1.79. The normalized spacial score (nSPS) is 13.9. The zero-order valence-electron chi connectivity index (χ0n) is 12.8. The van der Waals surface area contributed by atoms with Crippen LogP contribution in [0.3, 0.4) is 0 Å². The van der Waals surface area contributed by atoms with Gasteiger partial charge in [-0.15, -0.1) is 0 Å². The van der Waals surface area contributed by atoms with Crippen molar-refractivity contribution in [1.82, 2.24) is 19.7 Å². The van der Waals surface area contributed by atoms with Gasteiger partial charge in [0.1, 0.15) is 6.07 Å². The SMILES string of the molecule is CCc1cnc(-n2ncc3cc(C#N)cnc32)cc1NC1CC1. The van der Waals surface area contributed by atoms with Crippen molar-refractivity contribution < 1.29 is 0 Å². The highest BCUT2D eigenvalue weighted by atomic mass is 15.3. The van der Waals surface area contributed by atoms with Gasteiger partial charge >= 0.3 is 0 Å². The number of aryl methyl sites for hydroxylation is 1. The van der Waals surface area contributed by atoms with Crippen molar-refractivity contribution in [2.45, 2.75) is 32.2 Å². The molecule has 23 heavy (non-hydrogen) atoms. The van der Waals surface area contributed by atoms with Crippen LogP contribution in [0.1, 0.15) is 30.9 Å². The van der Waals surface area contributed by atoms with Gasteiger partial charge in [-0.25, -0.2) is 9.97 Å². The van der Waals surface area contributed by atoms with Crippen molar-refractivity contribution in [2.24, 2.45) is 0 Å². The van der Waals surface area contributed by atoms with Crippen molar-refractivity contribution in [1.29, 1.82) is 5.26 Å². The van der Waals surface area contributed by atoms with Crippen molar-refractivity contribution in [3.8, 4) is 11.9 Å². The molecule has 1 saturated carbocycles. The Labute approximate surface area is 133 Å². The number of pyridine rings is 2. The summed E-state index contributed by atoms with van der Waals surface area (Å²) >= 11 is 0. The summed E-state index contributed by atoms with van der Waals surface area (Å²) < 4.78 is 1.72. The van der Waals surface area contributed by atoms with E-state index in [0.717, 1.165) is 23.3 Å². The highest BCUT2D eigenvalue weighted by Gasteiger charge is 2.22. The number of fused-ring (bicyclic) bond motifs is 1. The Morgan fingerprint density at radius 1 is 1.26 bits per heavy atom. The quantitative estimate of drug-likeness (QED) is 0.801. The third kappa shape index (κ3) is 2.50.